The lowest BCUT2D eigenvalue weighted by Gasteiger charge is -2.13. The summed E-state index contributed by atoms with van der Waals surface area (Å²) in [5, 5.41) is 0. The molecule has 1 unspecified atom stereocenters. The van der Waals surface area contributed by atoms with E-state index in [0.717, 1.165) is 17.1 Å². The number of hydrogen-bond acceptors (Lipinski definition) is 3. The van der Waals surface area contributed by atoms with Gasteiger partial charge in [0.05, 0.1) is 7.11 Å². The number of ether oxygens (including phenoxy) is 1. The fourth-order valence-electron chi connectivity index (χ4n) is 2.31. The van der Waals surface area contributed by atoms with E-state index in [1.807, 2.05) is 30.8 Å². The predicted molar refractivity (Wildman–Crippen MR) is 91.1 cm³/mol. The number of thioether (sulfide) groups is 1. The highest BCUT2D eigenvalue weighted by atomic mass is 32.2. The molecule has 0 amide bonds. The summed E-state index contributed by atoms with van der Waals surface area (Å²) in [7, 11) is 1.71. The van der Waals surface area contributed by atoms with Crippen molar-refractivity contribution < 1.29 is 4.74 Å². The molecule has 3 heteroatoms. The van der Waals surface area contributed by atoms with Crippen LogP contribution in [-0.4, -0.2) is 7.11 Å². The molecular weight excluding hydrogens is 278 g/mol. The topological polar surface area (TPSA) is 35.2 Å². The molecule has 0 aromatic heterocycles. The highest BCUT2D eigenvalue weighted by Gasteiger charge is 2.08. The van der Waals surface area contributed by atoms with Gasteiger partial charge in [-0.05, 0) is 50.1 Å². The molecular formula is C18H23NOS. The fourth-order valence-corrected chi connectivity index (χ4v) is 3.30. The average Bonchev–Trinajstić information content (AvgIpc) is 2.46. The van der Waals surface area contributed by atoms with Gasteiger partial charge < -0.3 is 10.5 Å². The molecule has 2 rings (SSSR count). The molecule has 0 radical (unpaired) electrons. The Morgan fingerprint density at radius 1 is 1.14 bits per heavy atom. The molecule has 21 heavy (non-hydrogen) atoms. The van der Waals surface area contributed by atoms with Gasteiger partial charge >= 0.3 is 0 Å². The largest absolute Gasteiger partial charge is 0.496 e. The van der Waals surface area contributed by atoms with Crippen molar-refractivity contribution >= 4 is 11.8 Å². The van der Waals surface area contributed by atoms with Crippen molar-refractivity contribution in [2.24, 2.45) is 5.73 Å². The summed E-state index contributed by atoms with van der Waals surface area (Å²) < 4.78 is 5.46. The Balaban J connectivity index is 2.20. The average molecular weight is 301 g/mol. The van der Waals surface area contributed by atoms with Crippen molar-refractivity contribution in [2.75, 3.05) is 7.11 Å². The summed E-state index contributed by atoms with van der Waals surface area (Å²) in [6.45, 7) is 6.28. The Labute approximate surface area is 131 Å². The van der Waals surface area contributed by atoms with Crippen LogP contribution in [-0.2, 0) is 5.75 Å². The van der Waals surface area contributed by atoms with Crippen LogP contribution in [0.3, 0.4) is 0 Å². The number of rotatable bonds is 5. The molecule has 0 heterocycles. The molecule has 2 N–H and O–H groups in total. The van der Waals surface area contributed by atoms with E-state index in [4.69, 9.17) is 10.5 Å². The molecule has 0 saturated heterocycles. The second kappa shape index (κ2) is 7.01. The first-order chi connectivity index (χ1) is 10.0. The molecule has 0 fully saturated rings. The van der Waals surface area contributed by atoms with E-state index in [0.29, 0.717) is 0 Å². The van der Waals surface area contributed by atoms with Gasteiger partial charge in [0.2, 0.25) is 0 Å². The van der Waals surface area contributed by atoms with E-state index in [1.165, 1.54) is 21.6 Å². The van der Waals surface area contributed by atoms with Crippen molar-refractivity contribution in [1.29, 1.82) is 0 Å². The van der Waals surface area contributed by atoms with Crippen molar-refractivity contribution in [2.45, 2.75) is 37.5 Å². The van der Waals surface area contributed by atoms with Gasteiger partial charge in [0.15, 0.2) is 0 Å². The zero-order valence-electron chi connectivity index (χ0n) is 13.1. The molecule has 2 aromatic rings. The first kappa shape index (κ1) is 15.9. The Morgan fingerprint density at radius 3 is 2.52 bits per heavy atom. The van der Waals surface area contributed by atoms with Crippen molar-refractivity contribution in [3.63, 3.8) is 0 Å². The highest BCUT2D eigenvalue weighted by molar-refractivity contribution is 7.98. The lowest BCUT2D eigenvalue weighted by molar-refractivity contribution is 0.411. The van der Waals surface area contributed by atoms with E-state index in [9.17, 15) is 0 Å². The zero-order chi connectivity index (χ0) is 15.4. The van der Waals surface area contributed by atoms with Crippen LogP contribution in [0.4, 0.5) is 0 Å². The standard InChI is InChI=1S/C18H23NOS/c1-12-5-8-18(13(2)9-12)21-11-16-10-15(14(3)19)6-7-17(16)20-4/h5-10,14H,11,19H2,1-4H3. The molecule has 0 saturated carbocycles. The number of benzene rings is 2. The van der Waals surface area contributed by atoms with Crippen molar-refractivity contribution in [3.05, 3.63) is 58.7 Å². The van der Waals surface area contributed by atoms with Gasteiger partial charge in [-0.25, -0.2) is 0 Å². The van der Waals surface area contributed by atoms with Crippen LogP contribution in [0.15, 0.2) is 41.3 Å². The number of methoxy groups -OCH3 is 1. The monoisotopic (exact) mass is 301 g/mol. The Morgan fingerprint density at radius 2 is 1.90 bits per heavy atom. The lowest BCUT2D eigenvalue weighted by atomic mass is 10.1. The molecule has 0 aliphatic heterocycles. The summed E-state index contributed by atoms with van der Waals surface area (Å²) >= 11 is 1.84. The summed E-state index contributed by atoms with van der Waals surface area (Å²) in [4.78, 5) is 1.31. The third-order valence-corrected chi connectivity index (χ3v) is 4.77. The van der Waals surface area contributed by atoms with Gasteiger partial charge in [-0.15, -0.1) is 11.8 Å². The van der Waals surface area contributed by atoms with E-state index in [-0.39, 0.29) is 6.04 Å². The Hall–Kier alpha value is -1.45. The molecule has 0 aliphatic carbocycles. The number of nitrogens with two attached hydrogens (primary N) is 1. The summed E-state index contributed by atoms with van der Waals surface area (Å²) in [6, 6.07) is 12.8. The molecule has 0 bridgehead atoms. The number of hydrogen-bond donors (Lipinski definition) is 1. The van der Waals surface area contributed by atoms with E-state index in [2.05, 4.69) is 38.1 Å². The van der Waals surface area contributed by atoms with Crippen LogP contribution < -0.4 is 10.5 Å². The zero-order valence-corrected chi connectivity index (χ0v) is 14.0. The molecule has 0 spiro atoms. The van der Waals surface area contributed by atoms with Crippen molar-refractivity contribution in [3.8, 4) is 5.75 Å². The first-order valence-electron chi connectivity index (χ1n) is 7.13. The van der Waals surface area contributed by atoms with Crippen LogP contribution in [0.1, 0.15) is 35.2 Å². The van der Waals surface area contributed by atoms with Gasteiger partial charge in [-0.1, -0.05) is 23.8 Å². The fraction of sp³-hybridized carbons (Fsp3) is 0.333. The minimum absolute atomic E-state index is 0.0424. The maximum Gasteiger partial charge on any atom is 0.122 e. The molecule has 1 atom stereocenters. The van der Waals surface area contributed by atoms with Gasteiger partial charge in [-0.3, -0.25) is 0 Å². The van der Waals surface area contributed by atoms with E-state index in [1.54, 1.807) is 7.11 Å². The Kier molecular flexibility index (Phi) is 5.32. The normalized spacial score (nSPS) is 12.2. The minimum atomic E-state index is 0.0424. The van der Waals surface area contributed by atoms with E-state index < -0.39 is 0 Å². The maximum absolute atomic E-state index is 5.97. The Bertz CT molecular complexity index is 623. The second-order valence-electron chi connectivity index (χ2n) is 5.42. The number of aryl methyl sites for hydroxylation is 2. The van der Waals surface area contributed by atoms with Gasteiger partial charge in [0.25, 0.3) is 0 Å². The lowest BCUT2D eigenvalue weighted by Crippen LogP contribution is -2.05. The van der Waals surface area contributed by atoms with Gasteiger partial charge in [0.1, 0.15) is 5.75 Å². The summed E-state index contributed by atoms with van der Waals surface area (Å²) in [6.07, 6.45) is 0. The third kappa shape index (κ3) is 4.02. The van der Waals surface area contributed by atoms with Crippen molar-refractivity contribution in [1.82, 2.24) is 0 Å². The summed E-state index contributed by atoms with van der Waals surface area (Å²) in [5.41, 5.74) is 10.9. The first-order valence-corrected chi connectivity index (χ1v) is 8.12. The van der Waals surface area contributed by atoms with Gasteiger partial charge in [-0.2, -0.15) is 0 Å². The van der Waals surface area contributed by atoms with Crippen LogP contribution in [0.2, 0.25) is 0 Å². The van der Waals surface area contributed by atoms with Gasteiger partial charge in [0, 0.05) is 22.3 Å². The SMILES string of the molecule is COc1ccc(C(C)N)cc1CSc1ccc(C)cc1C. The minimum Gasteiger partial charge on any atom is -0.496 e. The second-order valence-corrected chi connectivity index (χ2v) is 6.43. The predicted octanol–water partition coefficient (Wildman–Crippen LogP) is 4.62. The van der Waals surface area contributed by atoms with Crippen LogP contribution in [0.25, 0.3) is 0 Å². The summed E-state index contributed by atoms with van der Waals surface area (Å²) in [5.74, 6) is 1.81. The molecule has 112 valence electrons. The molecule has 0 aliphatic rings. The van der Waals surface area contributed by atoms with E-state index >= 15 is 0 Å². The third-order valence-electron chi connectivity index (χ3n) is 3.54. The molecule has 2 aromatic carbocycles. The smallest absolute Gasteiger partial charge is 0.122 e. The highest BCUT2D eigenvalue weighted by Crippen LogP contribution is 2.31. The van der Waals surface area contributed by atoms with Crippen LogP contribution in [0, 0.1) is 13.8 Å². The quantitative estimate of drug-likeness (QED) is 0.818. The van der Waals surface area contributed by atoms with Crippen LogP contribution >= 0.6 is 11.8 Å². The van der Waals surface area contributed by atoms with Crippen LogP contribution in [0.5, 0.6) is 5.75 Å². The molecule has 2 nitrogen and oxygen atoms in total. The maximum atomic E-state index is 5.97.